The van der Waals surface area contributed by atoms with Crippen LogP contribution in [0.1, 0.15) is 59.3 Å². The van der Waals surface area contributed by atoms with Crippen molar-refractivity contribution < 1.29 is 4.21 Å². The molecule has 0 spiro atoms. The van der Waals surface area contributed by atoms with E-state index < -0.39 is 10.8 Å². The molecule has 0 bridgehead atoms. The summed E-state index contributed by atoms with van der Waals surface area (Å²) >= 11 is 0. The van der Waals surface area contributed by atoms with E-state index in [0.717, 1.165) is 0 Å². The highest BCUT2D eigenvalue weighted by Gasteiger charge is 2.18. The second kappa shape index (κ2) is 7.88. The molecule has 1 fully saturated rings. The lowest BCUT2D eigenvalue weighted by atomic mass is 10.1. The van der Waals surface area contributed by atoms with Gasteiger partial charge in [-0.3, -0.25) is 9.20 Å². The van der Waals surface area contributed by atoms with Gasteiger partial charge >= 0.3 is 0 Å². The first-order valence-electron chi connectivity index (χ1n) is 7.34. The summed E-state index contributed by atoms with van der Waals surface area (Å²) in [4.78, 5) is 4.29. The van der Waals surface area contributed by atoms with Gasteiger partial charge in [0.15, 0.2) is 5.96 Å². The lowest BCUT2D eigenvalue weighted by Gasteiger charge is -2.18. The van der Waals surface area contributed by atoms with Gasteiger partial charge in [0, 0.05) is 27.3 Å². The van der Waals surface area contributed by atoms with Gasteiger partial charge in [-0.05, 0) is 33.6 Å². The van der Waals surface area contributed by atoms with Gasteiger partial charge in [-0.1, -0.05) is 25.7 Å². The zero-order valence-electron chi connectivity index (χ0n) is 12.6. The second-order valence-electron chi connectivity index (χ2n) is 6.26. The summed E-state index contributed by atoms with van der Waals surface area (Å²) in [6.07, 6.45) is 7.59. The maximum absolute atomic E-state index is 11.9. The lowest BCUT2D eigenvalue weighted by molar-refractivity contribution is 0.530. The van der Waals surface area contributed by atoms with Gasteiger partial charge in [0.2, 0.25) is 0 Å². The molecule has 1 saturated carbocycles. The molecule has 0 amide bonds. The average molecular weight is 287 g/mol. The highest BCUT2D eigenvalue weighted by Crippen LogP contribution is 2.17. The van der Waals surface area contributed by atoms with Crippen LogP contribution in [0, 0.1) is 0 Å². The molecule has 0 saturated heterocycles. The summed E-state index contributed by atoms with van der Waals surface area (Å²) in [5.74, 6) is 1.09. The Labute approximate surface area is 120 Å². The Morgan fingerprint density at radius 3 is 2.37 bits per heavy atom. The molecule has 0 radical (unpaired) electrons. The van der Waals surface area contributed by atoms with Gasteiger partial charge < -0.3 is 11.1 Å². The van der Waals surface area contributed by atoms with Crippen LogP contribution in [0.15, 0.2) is 4.99 Å². The fourth-order valence-corrected chi connectivity index (χ4v) is 3.10. The van der Waals surface area contributed by atoms with Crippen molar-refractivity contribution in [3.05, 3.63) is 0 Å². The average Bonchev–Trinajstić information content (AvgIpc) is 2.56. The molecule has 112 valence electrons. The minimum absolute atomic E-state index is 0.168. The SMILES string of the molecule is CC(C)(C)S(=O)CCN=C(N)NC1CCCCCC1. The van der Waals surface area contributed by atoms with Gasteiger partial charge in [-0.25, -0.2) is 0 Å². The first kappa shape index (κ1) is 16.5. The highest BCUT2D eigenvalue weighted by molar-refractivity contribution is 7.86. The van der Waals surface area contributed by atoms with Crippen molar-refractivity contribution in [3.63, 3.8) is 0 Å². The monoisotopic (exact) mass is 287 g/mol. The molecule has 4 nitrogen and oxygen atoms in total. The van der Waals surface area contributed by atoms with Crippen LogP contribution in [0.4, 0.5) is 0 Å². The van der Waals surface area contributed by atoms with Crippen LogP contribution < -0.4 is 11.1 Å². The minimum atomic E-state index is -0.854. The number of hydrogen-bond acceptors (Lipinski definition) is 2. The number of nitrogens with zero attached hydrogens (tertiary/aromatic N) is 1. The van der Waals surface area contributed by atoms with Crippen molar-refractivity contribution in [1.29, 1.82) is 0 Å². The van der Waals surface area contributed by atoms with E-state index in [2.05, 4.69) is 10.3 Å². The zero-order chi connectivity index (χ0) is 14.3. The number of aliphatic imine (C=N–C) groups is 1. The molecular weight excluding hydrogens is 258 g/mol. The molecule has 1 aliphatic rings. The normalized spacial score (nSPS) is 20.9. The maximum Gasteiger partial charge on any atom is 0.188 e. The van der Waals surface area contributed by atoms with Crippen LogP contribution in [0.2, 0.25) is 0 Å². The van der Waals surface area contributed by atoms with E-state index >= 15 is 0 Å². The van der Waals surface area contributed by atoms with E-state index in [1.807, 2.05) is 20.8 Å². The van der Waals surface area contributed by atoms with Crippen molar-refractivity contribution in [2.24, 2.45) is 10.7 Å². The molecule has 19 heavy (non-hydrogen) atoms. The van der Waals surface area contributed by atoms with Gasteiger partial charge in [-0.2, -0.15) is 0 Å². The van der Waals surface area contributed by atoms with E-state index in [1.54, 1.807) is 0 Å². The van der Waals surface area contributed by atoms with Crippen LogP contribution in [-0.2, 0) is 10.8 Å². The molecule has 0 aromatic heterocycles. The van der Waals surface area contributed by atoms with E-state index in [0.29, 0.717) is 24.3 Å². The summed E-state index contributed by atoms with van der Waals surface area (Å²) in [7, 11) is -0.854. The van der Waals surface area contributed by atoms with Gasteiger partial charge in [-0.15, -0.1) is 0 Å². The first-order valence-corrected chi connectivity index (χ1v) is 8.66. The summed E-state index contributed by atoms with van der Waals surface area (Å²) in [6.45, 7) is 6.50. The molecule has 0 aromatic rings. The quantitative estimate of drug-likeness (QED) is 0.473. The molecule has 1 atom stereocenters. The van der Waals surface area contributed by atoms with Crippen LogP contribution >= 0.6 is 0 Å². The third kappa shape index (κ3) is 6.95. The van der Waals surface area contributed by atoms with Crippen molar-refractivity contribution in [1.82, 2.24) is 5.32 Å². The number of nitrogens with two attached hydrogens (primary N) is 1. The first-order chi connectivity index (χ1) is 8.89. The minimum Gasteiger partial charge on any atom is -0.370 e. The van der Waals surface area contributed by atoms with Crippen molar-refractivity contribution >= 4 is 16.8 Å². The van der Waals surface area contributed by atoms with Crippen molar-refractivity contribution in [2.75, 3.05) is 12.3 Å². The molecule has 0 aliphatic heterocycles. The van der Waals surface area contributed by atoms with E-state index in [1.165, 1.54) is 38.5 Å². The number of rotatable bonds is 4. The van der Waals surface area contributed by atoms with E-state index in [-0.39, 0.29) is 4.75 Å². The van der Waals surface area contributed by atoms with Gasteiger partial charge in [0.1, 0.15) is 0 Å². The van der Waals surface area contributed by atoms with Crippen molar-refractivity contribution in [2.45, 2.75) is 70.1 Å². The summed E-state index contributed by atoms with van der Waals surface area (Å²) < 4.78 is 11.7. The second-order valence-corrected chi connectivity index (χ2v) is 8.59. The molecule has 5 heteroatoms. The molecule has 1 unspecified atom stereocenters. The number of hydrogen-bond donors (Lipinski definition) is 2. The topological polar surface area (TPSA) is 67.5 Å². The standard InChI is InChI=1S/C14H29N3OS/c1-14(2,3)19(18)11-10-16-13(15)17-12-8-6-4-5-7-9-12/h12H,4-11H2,1-3H3,(H3,15,16,17). The van der Waals surface area contributed by atoms with Crippen molar-refractivity contribution in [3.8, 4) is 0 Å². The summed E-state index contributed by atoms with van der Waals surface area (Å²) in [5, 5.41) is 3.30. The molecule has 3 N–H and O–H groups in total. The predicted octanol–water partition coefficient (Wildman–Crippen LogP) is 2.16. The third-order valence-corrected chi connectivity index (χ3v) is 5.37. The molecule has 1 rings (SSSR count). The van der Waals surface area contributed by atoms with E-state index in [4.69, 9.17) is 5.73 Å². The van der Waals surface area contributed by atoms with Crippen LogP contribution in [0.25, 0.3) is 0 Å². The third-order valence-electron chi connectivity index (χ3n) is 3.45. The smallest absolute Gasteiger partial charge is 0.188 e. The molecular formula is C14H29N3OS. The molecule has 0 aromatic carbocycles. The molecule has 0 heterocycles. The molecule has 1 aliphatic carbocycles. The maximum atomic E-state index is 11.9. The Bertz CT molecular complexity index is 315. The highest BCUT2D eigenvalue weighted by atomic mass is 32.2. The summed E-state index contributed by atoms with van der Waals surface area (Å²) in [6, 6.07) is 0.472. The fourth-order valence-electron chi connectivity index (χ4n) is 2.23. The zero-order valence-corrected chi connectivity index (χ0v) is 13.4. The Morgan fingerprint density at radius 1 is 1.26 bits per heavy atom. The van der Waals surface area contributed by atoms with Crippen LogP contribution in [-0.4, -0.2) is 33.3 Å². The van der Waals surface area contributed by atoms with Gasteiger partial charge in [0.05, 0.1) is 6.54 Å². The largest absolute Gasteiger partial charge is 0.370 e. The lowest BCUT2D eigenvalue weighted by Crippen LogP contribution is -2.40. The Kier molecular flexibility index (Phi) is 6.83. The number of guanidine groups is 1. The Morgan fingerprint density at radius 2 is 1.84 bits per heavy atom. The fraction of sp³-hybridized carbons (Fsp3) is 0.929. The Hall–Kier alpha value is -0.580. The predicted molar refractivity (Wildman–Crippen MR) is 83.9 cm³/mol. The Balaban J connectivity index is 2.30. The van der Waals surface area contributed by atoms with Gasteiger partial charge in [0.25, 0.3) is 0 Å². The van der Waals surface area contributed by atoms with Crippen LogP contribution in [0.3, 0.4) is 0 Å². The number of nitrogens with one attached hydrogen (secondary N) is 1. The summed E-state index contributed by atoms with van der Waals surface area (Å²) in [5.41, 5.74) is 5.89. The van der Waals surface area contributed by atoms with E-state index in [9.17, 15) is 4.21 Å². The van der Waals surface area contributed by atoms with Crippen LogP contribution in [0.5, 0.6) is 0 Å².